The van der Waals surface area contributed by atoms with Crippen molar-refractivity contribution in [3.8, 4) is 11.5 Å². The molecule has 0 unspecified atom stereocenters. The van der Waals surface area contributed by atoms with Crippen LogP contribution >= 0.6 is 0 Å². The van der Waals surface area contributed by atoms with E-state index in [-0.39, 0.29) is 11.6 Å². The molecule has 1 N–H and O–H groups in total. The van der Waals surface area contributed by atoms with Gasteiger partial charge in [-0.15, -0.1) is 0 Å². The first-order valence-electron chi connectivity index (χ1n) is 10.8. The van der Waals surface area contributed by atoms with Gasteiger partial charge in [0.1, 0.15) is 17.8 Å². The zero-order valence-electron chi connectivity index (χ0n) is 19.7. The van der Waals surface area contributed by atoms with Crippen molar-refractivity contribution in [3.63, 3.8) is 0 Å². The Labute approximate surface area is 195 Å². The number of oxazole rings is 1. The minimum absolute atomic E-state index is 0.240. The zero-order valence-corrected chi connectivity index (χ0v) is 19.7. The largest absolute Gasteiger partial charge is 0.497 e. The highest BCUT2D eigenvalue weighted by molar-refractivity contribution is 5.91. The molecule has 0 atom stereocenters. The van der Waals surface area contributed by atoms with E-state index in [1.807, 2.05) is 55.4 Å². The highest BCUT2D eigenvalue weighted by Gasteiger charge is 2.17. The number of nitrogens with zero attached hydrogens (tertiary/aromatic N) is 3. The summed E-state index contributed by atoms with van der Waals surface area (Å²) >= 11 is 0. The number of nitrogens with one attached hydrogen (secondary N) is 1. The monoisotopic (exact) mass is 452 g/mol. The summed E-state index contributed by atoms with van der Waals surface area (Å²) in [7, 11) is 7.21. The lowest BCUT2D eigenvalue weighted by Crippen LogP contribution is -2.31. The van der Waals surface area contributed by atoms with Gasteiger partial charge in [0, 0.05) is 31.7 Å². The van der Waals surface area contributed by atoms with Gasteiger partial charge in [-0.3, -0.25) is 9.69 Å². The van der Waals surface area contributed by atoms with Gasteiger partial charge in [0.25, 0.3) is 5.91 Å². The molecule has 33 heavy (non-hydrogen) atoms. The first-order chi connectivity index (χ1) is 16.0. The predicted octanol–water partition coefficient (Wildman–Crippen LogP) is 3.19. The Morgan fingerprint density at radius 1 is 1.03 bits per heavy atom. The smallest absolute Gasteiger partial charge is 0.273 e. The average molecular weight is 453 g/mol. The zero-order chi connectivity index (χ0) is 23.6. The maximum atomic E-state index is 12.4. The van der Waals surface area contributed by atoms with E-state index in [0.29, 0.717) is 32.1 Å². The van der Waals surface area contributed by atoms with Crippen LogP contribution in [0.25, 0.3) is 0 Å². The van der Waals surface area contributed by atoms with E-state index in [0.717, 1.165) is 29.2 Å². The maximum absolute atomic E-state index is 12.4. The molecule has 0 spiro atoms. The molecule has 0 aliphatic carbocycles. The van der Waals surface area contributed by atoms with Crippen molar-refractivity contribution in [2.45, 2.75) is 19.6 Å². The number of rotatable bonds is 12. The van der Waals surface area contributed by atoms with Crippen LogP contribution in [0.2, 0.25) is 0 Å². The first kappa shape index (κ1) is 24.3. The Kier molecular flexibility index (Phi) is 8.86. The fourth-order valence-corrected chi connectivity index (χ4v) is 3.42. The van der Waals surface area contributed by atoms with E-state index in [1.165, 1.54) is 6.26 Å². The normalized spacial score (nSPS) is 11.1. The van der Waals surface area contributed by atoms with E-state index in [4.69, 9.17) is 13.9 Å². The first-order valence-corrected chi connectivity index (χ1v) is 10.8. The van der Waals surface area contributed by atoms with Gasteiger partial charge in [-0.05, 0) is 37.9 Å². The molecular formula is C25H32N4O4. The van der Waals surface area contributed by atoms with Crippen molar-refractivity contribution >= 4 is 5.91 Å². The molecule has 2 aromatic carbocycles. The maximum Gasteiger partial charge on any atom is 0.273 e. The second-order valence-electron chi connectivity index (χ2n) is 7.99. The van der Waals surface area contributed by atoms with Crippen molar-refractivity contribution in [1.29, 1.82) is 0 Å². The molecular weight excluding hydrogens is 420 g/mol. The number of likely N-dealkylation sites (N-methyl/N-ethyl adjacent to an activating group) is 1. The van der Waals surface area contributed by atoms with Crippen molar-refractivity contribution < 1.29 is 18.7 Å². The number of hydrogen-bond donors (Lipinski definition) is 1. The third-order valence-corrected chi connectivity index (χ3v) is 5.12. The standard InChI is InChI=1S/C25H32N4O4/c1-28(2)13-12-26-25(30)22-18-33-24(27-22)17-29(15-19-8-6-5-7-9-19)16-20-14-21(31-3)10-11-23(20)32-4/h5-11,14,18H,12-13,15-17H2,1-4H3,(H,26,30). The Hall–Kier alpha value is -3.36. The highest BCUT2D eigenvalue weighted by Crippen LogP contribution is 2.26. The third-order valence-electron chi connectivity index (χ3n) is 5.12. The van der Waals surface area contributed by atoms with Crippen molar-refractivity contribution in [2.75, 3.05) is 41.4 Å². The number of ether oxygens (including phenoxy) is 2. The lowest BCUT2D eigenvalue weighted by atomic mass is 10.1. The average Bonchev–Trinajstić information content (AvgIpc) is 3.28. The summed E-state index contributed by atoms with van der Waals surface area (Å²) in [5.74, 6) is 1.78. The molecule has 0 aliphatic heterocycles. The minimum atomic E-state index is -0.240. The number of amides is 1. The topological polar surface area (TPSA) is 80.1 Å². The number of benzene rings is 2. The summed E-state index contributed by atoms with van der Waals surface area (Å²) in [4.78, 5) is 21.0. The third kappa shape index (κ3) is 7.34. The van der Waals surface area contributed by atoms with Gasteiger partial charge in [-0.1, -0.05) is 30.3 Å². The molecule has 0 fully saturated rings. The van der Waals surface area contributed by atoms with Gasteiger partial charge in [-0.25, -0.2) is 4.98 Å². The van der Waals surface area contributed by atoms with Gasteiger partial charge in [0.2, 0.25) is 5.89 Å². The number of carbonyl (C=O) groups excluding carboxylic acids is 1. The molecule has 8 heteroatoms. The van der Waals surface area contributed by atoms with Crippen molar-refractivity contribution in [2.24, 2.45) is 0 Å². The molecule has 176 valence electrons. The number of aromatic nitrogens is 1. The van der Waals surface area contributed by atoms with Gasteiger partial charge in [-0.2, -0.15) is 0 Å². The van der Waals surface area contributed by atoms with Crippen molar-refractivity contribution in [3.05, 3.63) is 77.5 Å². The molecule has 0 bridgehead atoms. The minimum Gasteiger partial charge on any atom is -0.497 e. The molecule has 0 saturated carbocycles. The fraction of sp³-hybridized carbons (Fsp3) is 0.360. The van der Waals surface area contributed by atoms with Crippen molar-refractivity contribution in [1.82, 2.24) is 20.1 Å². The van der Waals surface area contributed by atoms with Gasteiger partial charge in [0.05, 0.1) is 20.8 Å². The molecule has 1 heterocycles. The fourth-order valence-electron chi connectivity index (χ4n) is 3.42. The summed E-state index contributed by atoms with van der Waals surface area (Å²) in [6.45, 7) is 2.99. The Morgan fingerprint density at radius 3 is 2.52 bits per heavy atom. The highest BCUT2D eigenvalue weighted by atomic mass is 16.5. The summed E-state index contributed by atoms with van der Waals surface area (Å²) < 4.78 is 16.6. The molecule has 3 aromatic rings. The summed E-state index contributed by atoms with van der Waals surface area (Å²) in [6, 6.07) is 15.9. The number of hydrogen-bond acceptors (Lipinski definition) is 7. The second kappa shape index (κ2) is 12.0. The molecule has 1 aromatic heterocycles. The van der Waals surface area contributed by atoms with Crippen LogP contribution in [0.4, 0.5) is 0 Å². The van der Waals surface area contributed by atoms with Crippen LogP contribution in [0.3, 0.4) is 0 Å². The quantitative estimate of drug-likeness (QED) is 0.452. The Bertz CT molecular complexity index is 1020. The van der Waals surface area contributed by atoms with Crippen LogP contribution in [0.15, 0.2) is 59.2 Å². The number of methoxy groups -OCH3 is 2. The van der Waals surface area contributed by atoms with Crippen LogP contribution in [0.5, 0.6) is 11.5 Å². The lowest BCUT2D eigenvalue weighted by Gasteiger charge is -2.22. The Morgan fingerprint density at radius 2 is 1.82 bits per heavy atom. The van der Waals surface area contributed by atoms with E-state index in [1.54, 1.807) is 14.2 Å². The van der Waals surface area contributed by atoms with Crippen LogP contribution in [0, 0.1) is 0 Å². The number of carbonyl (C=O) groups is 1. The van der Waals surface area contributed by atoms with Crippen LogP contribution < -0.4 is 14.8 Å². The lowest BCUT2D eigenvalue weighted by molar-refractivity contribution is 0.0946. The predicted molar refractivity (Wildman–Crippen MR) is 126 cm³/mol. The van der Waals surface area contributed by atoms with Gasteiger partial charge >= 0.3 is 0 Å². The van der Waals surface area contributed by atoms with Crippen LogP contribution in [-0.2, 0) is 19.6 Å². The van der Waals surface area contributed by atoms with E-state index in [9.17, 15) is 4.79 Å². The van der Waals surface area contributed by atoms with Crippen LogP contribution in [0.1, 0.15) is 27.5 Å². The molecule has 1 amide bonds. The molecule has 0 aliphatic rings. The molecule has 0 radical (unpaired) electrons. The van der Waals surface area contributed by atoms with E-state index in [2.05, 4.69) is 27.3 Å². The summed E-state index contributed by atoms with van der Waals surface area (Å²) in [5.41, 5.74) is 2.43. The van der Waals surface area contributed by atoms with Gasteiger partial charge in [0.15, 0.2) is 5.69 Å². The van der Waals surface area contributed by atoms with Crippen LogP contribution in [-0.4, -0.2) is 62.1 Å². The molecule has 3 rings (SSSR count). The molecule has 8 nitrogen and oxygen atoms in total. The van der Waals surface area contributed by atoms with E-state index >= 15 is 0 Å². The second-order valence-corrected chi connectivity index (χ2v) is 7.99. The summed E-state index contributed by atoms with van der Waals surface area (Å²) in [5, 5.41) is 2.86. The summed E-state index contributed by atoms with van der Waals surface area (Å²) in [6.07, 6.45) is 1.41. The SMILES string of the molecule is COc1ccc(OC)c(CN(Cc2ccccc2)Cc2nc(C(=O)NCCN(C)C)co2)c1. The molecule has 0 saturated heterocycles. The Balaban J connectivity index is 1.76. The van der Waals surface area contributed by atoms with E-state index < -0.39 is 0 Å². The van der Waals surface area contributed by atoms with Gasteiger partial charge < -0.3 is 24.1 Å².